The van der Waals surface area contributed by atoms with Gasteiger partial charge in [-0.2, -0.15) is 13.2 Å². The molecular formula is C14H10F3NO3. The first-order valence-corrected chi connectivity index (χ1v) is 5.75. The first-order chi connectivity index (χ1) is 9.77. The fourth-order valence-electron chi connectivity index (χ4n) is 1.72. The molecule has 1 amide bonds. The molecular weight excluding hydrogens is 287 g/mol. The number of hydrogen-bond acceptors (Lipinski definition) is 3. The quantitative estimate of drug-likeness (QED) is 0.913. The molecule has 110 valence electrons. The lowest BCUT2D eigenvalue weighted by atomic mass is 10.1. The molecule has 2 rings (SSSR count). The number of carbonyl (C=O) groups is 1. The Morgan fingerprint density at radius 2 is 1.76 bits per heavy atom. The van der Waals surface area contributed by atoms with Crippen LogP contribution in [0, 0.1) is 0 Å². The molecule has 0 saturated heterocycles. The number of ether oxygens (including phenoxy) is 1. The zero-order chi connectivity index (χ0) is 15.6. The Morgan fingerprint density at radius 3 is 2.33 bits per heavy atom. The maximum absolute atomic E-state index is 12.9. The normalized spacial score (nSPS) is 11.2. The number of primary amides is 1. The highest BCUT2D eigenvalue weighted by atomic mass is 19.4. The van der Waals surface area contributed by atoms with Crippen molar-refractivity contribution in [3.05, 3.63) is 53.6 Å². The molecule has 2 aromatic rings. The Kier molecular flexibility index (Phi) is 3.75. The van der Waals surface area contributed by atoms with E-state index >= 15 is 0 Å². The van der Waals surface area contributed by atoms with Gasteiger partial charge in [0.25, 0.3) is 0 Å². The predicted octanol–water partition coefficient (Wildman–Crippen LogP) is 3.30. The van der Waals surface area contributed by atoms with E-state index in [-0.39, 0.29) is 17.2 Å². The lowest BCUT2D eigenvalue weighted by molar-refractivity contribution is -0.138. The number of phenolic OH excluding ortho intramolecular Hbond substituents is 1. The Labute approximate surface area is 117 Å². The van der Waals surface area contributed by atoms with E-state index in [9.17, 15) is 23.1 Å². The topological polar surface area (TPSA) is 72.6 Å². The predicted molar refractivity (Wildman–Crippen MR) is 68.1 cm³/mol. The van der Waals surface area contributed by atoms with Gasteiger partial charge in [0.1, 0.15) is 17.2 Å². The Balaban J connectivity index is 2.40. The van der Waals surface area contributed by atoms with Gasteiger partial charge in [-0.05, 0) is 30.3 Å². The minimum Gasteiger partial charge on any atom is -0.508 e. The van der Waals surface area contributed by atoms with Crippen LogP contribution in [0.2, 0.25) is 0 Å². The molecule has 0 atom stereocenters. The van der Waals surface area contributed by atoms with Gasteiger partial charge in [0.2, 0.25) is 5.91 Å². The summed E-state index contributed by atoms with van der Waals surface area (Å²) in [5, 5.41) is 9.27. The maximum atomic E-state index is 12.9. The first kappa shape index (κ1) is 14.7. The van der Waals surface area contributed by atoms with E-state index in [1.807, 2.05) is 0 Å². The Hall–Kier alpha value is -2.70. The number of hydrogen-bond donors (Lipinski definition) is 2. The van der Waals surface area contributed by atoms with Gasteiger partial charge in [-0.1, -0.05) is 6.07 Å². The number of alkyl halides is 3. The molecule has 0 bridgehead atoms. The summed E-state index contributed by atoms with van der Waals surface area (Å²) < 4.78 is 43.9. The molecule has 0 aliphatic heterocycles. The molecule has 0 saturated carbocycles. The monoisotopic (exact) mass is 297 g/mol. The van der Waals surface area contributed by atoms with Crippen molar-refractivity contribution in [2.45, 2.75) is 6.18 Å². The van der Waals surface area contributed by atoms with Gasteiger partial charge in [0.05, 0.1) is 11.1 Å². The average molecular weight is 297 g/mol. The van der Waals surface area contributed by atoms with Crippen molar-refractivity contribution in [2.75, 3.05) is 0 Å². The van der Waals surface area contributed by atoms with Gasteiger partial charge in [-0.3, -0.25) is 4.79 Å². The zero-order valence-corrected chi connectivity index (χ0v) is 10.5. The lowest BCUT2D eigenvalue weighted by Crippen LogP contribution is -2.18. The van der Waals surface area contributed by atoms with Crippen LogP contribution in [0.4, 0.5) is 13.2 Å². The van der Waals surface area contributed by atoms with Crippen molar-refractivity contribution in [2.24, 2.45) is 5.73 Å². The number of amides is 1. The number of benzene rings is 2. The van der Waals surface area contributed by atoms with Gasteiger partial charge in [-0.25, -0.2) is 0 Å². The highest BCUT2D eigenvalue weighted by Crippen LogP contribution is 2.35. The molecule has 4 nitrogen and oxygen atoms in total. The van der Waals surface area contributed by atoms with Crippen molar-refractivity contribution < 1.29 is 27.8 Å². The molecule has 0 fully saturated rings. The van der Waals surface area contributed by atoms with Crippen LogP contribution in [0.5, 0.6) is 17.2 Å². The van der Waals surface area contributed by atoms with Gasteiger partial charge in [-0.15, -0.1) is 0 Å². The summed E-state index contributed by atoms with van der Waals surface area (Å²) in [5.74, 6) is -1.23. The molecule has 0 aliphatic rings. The lowest BCUT2D eigenvalue weighted by Gasteiger charge is -2.13. The number of phenols is 1. The van der Waals surface area contributed by atoms with Crippen molar-refractivity contribution in [3.63, 3.8) is 0 Å². The van der Waals surface area contributed by atoms with Crippen LogP contribution < -0.4 is 10.5 Å². The zero-order valence-electron chi connectivity index (χ0n) is 10.5. The van der Waals surface area contributed by atoms with Crippen molar-refractivity contribution >= 4 is 5.91 Å². The smallest absolute Gasteiger partial charge is 0.417 e. The van der Waals surface area contributed by atoms with E-state index in [1.54, 1.807) is 0 Å². The van der Waals surface area contributed by atoms with Crippen LogP contribution in [0.1, 0.15) is 15.9 Å². The molecule has 0 heterocycles. The third kappa shape index (κ3) is 3.44. The molecule has 3 N–H and O–H groups in total. The van der Waals surface area contributed by atoms with Crippen molar-refractivity contribution in [1.29, 1.82) is 0 Å². The van der Waals surface area contributed by atoms with Crippen LogP contribution in [-0.2, 0) is 6.18 Å². The number of halogens is 3. The van der Waals surface area contributed by atoms with E-state index in [0.717, 1.165) is 6.07 Å². The van der Waals surface area contributed by atoms with E-state index in [2.05, 4.69) is 0 Å². The molecule has 2 aromatic carbocycles. The summed E-state index contributed by atoms with van der Waals surface area (Å²) in [6, 6.07) is 8.41. The Morgan fingerprint density at radius 1 is 1.10 bits per heavy atom. The van der Waals surface area contributed by atoms with Crippen molar-refractivity contribution in [1.82, 2.24) is 0 Å². The van der Waals surface area contributed by atoms with Crippen LogP contribution in [-0.4, -0.2) is 11.0 Å². The average Bonchev–Trinajstić information content (AvgIpc) is 2.37. The van der Waals surface area contributed by atoms with Gasteiger partial charge in [0, 0.05) is 6.07 Å². The molecule has 0 radical (unpaired) electrons. The number of aromatic hydroxyl groups is 1. The summed E-state index contributed by atoms with van der Waals surface area (Å²) in [4.78, 5) is 11.0. The molecule has 0 spiro atoms. The van der Waals surface area contributed by atoms with Gasteiger partial charge >= 0.3 is 6.18 Å². The molecule has 0 aromatic heterocycles. The third-order valence-electron chi connectivity index (χ3n) is 2.62. The standard InChI is InChI=1S/C14H10F3NO3/c15-14(16,17)12-7-10(4-5-11(12)13(18)20)21-9-3-1-2-8(19)6-9/h1-7,19H,(H2,18,20). The Bertz CT molecular complexity index is 683. The first-order valence-electron chi connectivity index (χ1n) is 5.75. The van der Waals surface area contributed by atoms with Gasteiger partial charge < -0.3 is 15.6 Å². The summed E-state index contributed by atoms with van der Waals surface area (Å²) >= 11 is 0. The number of rotatable bonds is 3. The number of nitrogens with two attached hydrogens (primary N) is 1. The van der Waals surface area contributed by atoms with Crippen molar-refractivity contribution in [3.8, 4) is 17.2 Å². The van der Waals surface area contributed by atoms with E-state index in [0.29, 0.717) is 6.07 Å². The highest BCUT2D eigenvalue weighted by Gasteiger charge is 2.35. The SMILES string of the molecule is NC(=O)c1ccc(Oc2cccc(O)c2)cc1C(F)(F)F. The summed E-state index contributed by atoms with van der Waals surface area (Å²) in [6.07, 6.45) is -4.73. The fourth-order valence-corrected chi connectivity index (χ4v) is 1.72. The van der Waals surface area contributed by atoms with E-state index < -0.39 is 23.2 Å². The minimum absolute atomic E-state index is 0.0858. The van der Waals surface area contributed by atoms with Crippen LogP contribution >= 0.6 is 0 Å². The van der Waals surface area contributed by atoms with Crippen LogP contribution in [0.15, 0.2) is 42.5 Å². The summed E-state index contributed by atoms with van der Waals surface area (Å²) in [7, 11) is 0. The molecule has 7 heteroatoms. The minimum atomic E-state index is -4.73. The number of carbonyl (C=O) groups excluding carboxylic acids is 1. The van der Waals surface area contributed by atoms with Gasteiger partial charge in [0.15, 0.2) is 0 Å². The maximum Gasteiger partial charge on any atom is 0.417 e. The molecule has 21 heavy (non-hydrogen) atoms. The molecule has 0 aliphatic carbocycles. The second-order valence-electron chi connectivity index (χ2n) is 4.17. The second-order valence-corrected chi connectivity index (χ2v) is 4.17. The largest absolute Gasteiger partial charge is 0.508 e. The second kappa shape index (κ2) is 5.35. The van der Waals surface area contributed by atoms with Crippen LogP contribution in [0.25, 0.3) is 0 Å². The van der Waals surface area contributed by atoms with E-state index in [1.165, 1.54) is 30.3 Å². The van der Waals surface area contributed by atoms with E-state index in [4.69, 9.17) is 10.5 Å². The summed E-state index contributed by atoms with van der Waals surface area (Å²) in [5.41, 5.74) is 3.11. The third-order valence-corrected chi connectivity index (χ3v) is 2.62. The highest BCUT2D eigenvalue weighted by molar-refractivity contribution is 5.94. The molecule has 0 unspecified atom stereocenters. The fraction of sp³-hybridized carbons (Fsp3) is 0.0714. The van der Waals surface area contributed by atoms with Crippen LogP contribution in [0.3, 0.4) is 0 Å². The summed E-state index contributed by atoms with van der Waals surface area (Å²) in [6.45, 7) is 0.